The van der Waals surface area contributed by atoms with Gasteiger partial charge in [-0.2, -0.15) is 0 Å². The van der Waals surface area contributed by atoms with Crippen LogP contribution in [-0.2, 0) is 4.74 Å². The molecule has 0 saturated heterocycles. The van der Waals surface area contributed by atoms with Crippen molar-refractivity contribution in [2.45, 2.75) is 33.8 Å². The molecule has 0 spiro atoms. The predicted molar refractivity (Wildman–Crippen MR) is 104 cm³/mol. The lowest BCUT2D eigenvalue weighted by atomic mass is 10.0. The van der Waals surface area contributed by atoms with Crippen LogP contribution in [0.1, 0.15) is 56.4 Å². The first-order chi connectivity index (χ1) is 13.2. The Bertz CT molecular complexity index is 1170. The maximum atomic E-state index is 12.7. The number of nitrogens with one attached hydrogen (secondary N) is 2. The highest BCUT2D eigenvalue weighted by molar-refractivity contribution is 6.05. The minimum atomic E-state index is -1.10. The molecule has 2 aromatic heterocycles. The number of aromatic amines is 2. The zero-order chi connectivity index (χ0) is 20.6. The van der Waals surface area contributed by atoms with Gasteiger partial charge in [0.1, 0.15) is 5.69 Å². The van der Waals surface area contributed by atoms with Crippen LogP contribution in [0.25, 0.3) is 10.8 Å². The third-order valence-corrected chi connectivity index (χ3v) is 4.66. The number of hydrogen-bond acceptors (Lipinski definition) is 5. The first-order valence-electron chi connectivity index (χ1n) is 8.78. The number of hydrogen-bond donors (Lipinski definition) is 2. The Kier molecular flexibility index (Phi) is 5.00. The Hall–Kier alpha value is -3.48. The summed E-state index contributed by atoms with van der Waals surface area (Å²) in [5, 5.41) is 1.05. The van der Waals surface area contributed by atoms with Crippen molar-refractivity contribution in [3.63, 3.8) is 0 Å². The second-order valence-corrected chi connectivity index (χ2v) is 6.69. The number of aryl methyl sites for hydroxylation is 1. The molecule has 1 aromatic carbocycles. The maximum Gasteiger partial charge on any atom is 0.355 e. The van der Waals surface area contributed by atoms with Crippen molar-refractivity contribution in [2.24, 2.45) is 0 Å². The molecule has 28 heavy (non-hydrogen) atoms. The van der Waals surface area contributed by atoms with Gasteiger partial charge in [-0.15, -0.1) is 0 Å². The normalized spacial score (nSPS) is 12.0. The standard InChI is InChI=1S/C21H20N2O5/c1-10-17(12(3)24)11(2)22-18(10)19(25)13(4)28-21(27)16-9-14-7-5-6-8-15(14)20(26)23-16/h5-9,13,22H,1-4H3,(H,23,26)/t13-/m1/s1. The smallest absolute Gasteiger partial charge is 0.355 e. The second kappa shape index (κ2) is 7.26. The highest BCUT2D eigenvalue weighted by Crippen LogP contribution is 2.21. The van der Waals surface area contributed by atoms with E-state index in [4.69, 9.17) is 4.74 Å². The van der Waals surface area contributed by atoms with Gasteiger partial charge in [0.05, 0.1) is 5.69 Å². The number of fused-ring (bicyclic) bond motifs is 1. The zero-order valence-electron chi connectivity index (χ0n) is 16.0. The summed E-state index contributed by atoms with van der Waals surface area (Å²) in [7, 11) is 0. The average Bonchev–Trinajstić information content (AvgIpc) is 2.95. The van der Waals surface area contributed by atoms with Crippen molar-refractivity contribution < 1.29 is 19.1 Å². The summed E-state index contributed by atoms with van der Waals surface area (Å²) in [6, 6.07) is 8.36. The predicted octanol–water partition coefficient (Wildman–Crippen LogP) is 3.10. The molecule has 0 saturated carbocycles. The molecular weight excluding hydrogens is 360 g/mol. The van der Waals surface area contributed by atoms with Crippen molar-refractivity contribution in [1.29, 1.82) is 0 Å². The molecule has 0 unspecified atom stereocenters. The monoisotopic (exact) mass is 380 g/mol. The Balaban J connectivity index is 1.85. The van der Waals surface area contributed by atoms with Crippen molar-refractivity contribution in [3.8, 4) is 0 Å². The van der Waals surface area contributed by atoms with E-state index >= 15 is 0 Å². The number of rotatable bonds is 5. The Morgan fingerprint density at radius 2 is 1.75 bits per heavy atom. The molecule has 2 N–H and O–H groups in total. The van der Waals surface area contributed by atoms with Crippen LogP contribution in [0.3, 0.4) is 0 Å². The van der Waals surface area contributed by atoms with Gasteiger partial charge in [-0.1, -0.05) is 18.2 Å². The van der Waals surface area contributed by atoms with Gasteiger partial charge in [0.2, 0.25) is 5.78 Å². The van der Waals surface area contributed by atoms with Crippen LogP contribution in [0, 0.1) is 13.8 Å². The quantitative estimate of drug-likeness (QED) is 0.522. The molecule has 0 amide bonds. The minimum Gasteiger partial charge on any atom is -0.450 e. The van der Waals surface area contributed by atoms with E-state index in [0.29, 0.717) is 27.6 Å². The molecule has 0 aliphatic rings. The Labute approximate surface area is 160 Å². The van der Waals surface area contributed by atoms with E-state index in [1.165, 1.54) is 19.9 Å². The fourth-order valence-electron chi connectivity index (χ4n) is 3.33. The third kappa shape index (κ3) is 3.38. The molecule has 3 rings (SSSR count). The Morgan fingerprint density at radius 1 is 1.07 bits per heavy atom. The van der Waals surface area contributed by atoms with E-state index in [-0.39, 0.29) is 17.2 Å². The number of carbonyl (C=O) groups is 3. The summed E-state index contributed by atoms with van der Waals surface area (Å²) in [6.45, 7) is 6.25. The fourth-order valence-corrected chi connectivity index (χ4v) is 3.33. The van der Waals surface area contributed by atoms with E-state index in [2.05, 4.69) is 9.97 Å². The summed E-state index contributed by atoms with van der Waals surface area (Å²) in [5.41, 5.74) is 1.36. The fraction of sp³-hybridized carbons (Fsp3) is 0.238. The zero-order valence-corrected chi connectivity index (χ0v) is 16.0. The molecule has 3 aromatic rings. The number of carbonyl (C=O) groups excluding carboxylic acids is 3. The molecule has 144 valence electrons. The number of aromatic nitrogens is 2. The summed E-state index contributed by atoms with van der Waals surface area (Å²) < 4.78 is 5.26. The first kappa shape index (κ1) is 19.3. The van der Waals surface area contributed by atoms with Gasteiger partial charge in [0.15, 0.2) is 11.9 Å². The van der Waals surface area contributed by atoms with Gasteiger partial charge < -0.3 is 14.7 Å². The van der Waals surface area contributed by atoms with Crippen molar-refractivity contribution in [3.05, 3.63) is 68.9 Å². The van der Waals surface area contributed by atoms with Gasteiger partial charge >= 0.3 is 5.97 Å². The van der Waals surface area contributed by atoms with Crippen molar-refractivity contribution in [1.82, 2.24) is 9.97 Å². The van der Waals surface area contributed by atoms with E-state index in [9.17, 15) is 19.2 Å². The summed E-state index contributed by atoms with van der Waals surface area (Å²) >= 11 is 0. The number of ether oxygens (including phenoxy) is 1. The maximum absolute atomic E-state index is 12.7. The molecule has 0 aliphatic carbocycles. The van der Waals surface area contributed by atoms with Gasteiger partial charge in [0, 0.05) is 16.6 Å². The van der Waals surface area contributed by atoms with Crippen molar-refractivity contribution >= 4 is 28.3 Å². The molecule has 0 fully saturated rings. The van der Waals surface area contributed by atoms with Gasteiger partial charge in [-0.3, -0.25) is 14.4 Å². The lowest BCUT2D eigenvalue weighted by Crippen LogP contribution is -2.26. The highest BCUT2D eigenvalue weighted by Gasteiger charge is 2.26. The lowest BCUT2D eigenvalue weighted by Gasteiger charge is -2.12. The van der Waals surface area contributed by atoms with Crippen LogP contribution in [-0.4, -0.2) is 33.6 Å². The largest absolute Gasteiger partial charge is 0.450 e. The highest BCUT2D eigenvalue weighted by atomic mass is 16.5. The van der Waals surface area contributed by atoms with E-state index in [1.54, 1.807) is 38.1 Å². The molecule has 7 heteroatoms. The van der Waals surface area contributed by atoms with E-state index < -0.39 is 23.4 Å². The molecular formula is C21H20N2O5. The van der Waals surface area contributed by atoms with Crippen LogP contribution in [0.5, 0.6) is 0 Å². The lowest BCUT2D eigenvalue weighted by molar-refractivity contribution is 0.0311. The summed E-state index contributed by atoms with van der Waals surface area (Å²) in [4.78, 5) is 54.4. The second-order valence-electron chi connectivity index (χ2n) is 6.69. The number of esters is 1. The number of ketones is 2. The van der Waals surface area contributed by atoms with E-state index in [0.717, 1.165) is 0 Å². The van der Waals surface area contributed by atoms with Crippen molar-refractivity contribution in [2.75, 3.05) is 0 Å². The molecule has 2 heterocycles. The number of pyridine rings is 1. The van der Waals surface area contributed by atoms with Crippen LogP contribution >= 0.6 is 0 Å². The third-order valence-electron chi connectivity index (χ3n) is 4.66. The van der Waals surface area contributed by atoms with E-state index in [1.807, 2.05) is 0 Å². The van der Waals surface area contributed by atoms with Gasteiger partial charge in [-0.25, -0.2) is 4.79 Å². The molecule has 0 radical (unpaired) electrons. The Morgan fingerprint density at radius 3 is 2.39 bits per heavy atom. The topological polar surface area (TPSA) is 109 Å². The SMILES string of the molecule is CC(=O)c1c(C)[nH]c(C(=O)[C@@H](C)OC(=O)c2cc3ccccc3c(=O)[nH]2)c1C. The number of H-pyrrole nitrogens is 2. The minimum absolute atomic E-state index is 0.0350. The molecule has 7 nitrogen and oxygen atoms in total. The van der Waals surface area contributed by atoms with Gasteiger partial charge in [0.25, 0.3) is 5.56 Å². The van der Waals surface area contributed by atoms with Gasteiger partial charge in [-0.05, 0) is 50.8 Å². The first-order valence-corrected chi connectivity index (χ1v) is 8.78. The van der Waals surface area contributed by atoms with Crippen LogP contribution in [0.4, 0.5) is 0 Å². The van der Waals surface area contributed by atoms with Crippen LogP contribution in [0.15, 0.2) is 35.1 Å². The molecule has 0 bridgehead atoms. The number of Topliss-reactive ketones (excluding diaryl/α,β-unsaturated/α-hetero) is 2. The number of benzene rings is 1. The summed E-state index contributed by atoms with van der Waals surface area (Å²) in [5.74, 6) is -1.41. The average molecular weight is 380 g/mol. The molecule has 0 aliphatic heterocycles. The molecule has 1 atom stereocenters. The van der Waals surface area contributed by atoms with Crippen LogP contribution in [0.2, 0.25) is 0 Å². The van der Waals surface area contributed by atoms with Crippen LogP contribution < -0.4 is 5.56 Å². The summed E-state index contributed by atoms with van der Waals surface area (Å²) in [6.07, 6.45) is -1.10.